The molecule has 2 aromatic rings. The second-order valence-corrected chi connectivity index (χ2v) is 8.04. The van der Waals surface area contributed by atoms with Gasteiger partial charge >= 0.3 is 0 Å². The lowest BCUT2D eigenvalue weighted by Crippen LogP contribution is -2.37. The average Bonchev–Trinajstić information content (AvgIpc) is 3.03. The predicted molar refractivity (Wildman–Crippen MR) is 85.7 cm³/mol. The zero-order chi connectivity index (χ0) is 16.4. The third kappa shape index (κ3) is 3.89. The summed E-state index contributed by atoms with van der Waals surface area (Å²) in [6.07, 6.45) is 0.469. The molecule has 0 aliphatic carbocycles. The van der Waals surface area contributed by atoms with Crippen molar-refractivity contribution >= 4 is 26.8 Å². The van der Waals surface area contributed by atoms with Crippen LogP contribution in [0.1, 0.15) is 17.8 Å². The van der Waals surface area contributed by atoms with Crippen molar-refractivity contribution in [1.29, 1.82) is 0 Å². The number of fused-ring (bicyclic) bond motifs is 1. The summed E-state index contributed by atoms with van der Waals surface area (Å²) in [6, 6.07) is 5.57. The van der Waals surface area contributed by atoms with E-state index in [0.717, 1.165) is 16.6 Å². The third-order valence-electron chi connectivity index (χ3n) is 3.83. The predicted octanol–water partition coefficient (Wildman–Crippen LogP) is 0.691. The number of nitrogens with one attached hydrogen (secondary N) is 2. The lowest BCUT2D eigenvalue weighted by atomic mass is 10.2. The van der Waals surface area contributed by atoms with Crippen LogP contribution in [0, 0.1) is 6.92 Å². The molecular weight excluding hydrogens is 318 g/mol. The molecule has 2 N–H and O–H groups in total. The Kier molecular flexibility index (Phi) is 4.36. The van der Waals surface area contributed by atoms with Crippen LogP contribution in [-0.4, -0.2) is 48.4 Å². The minimum Gasteiger partial charge on any atom is -0.364 e. The highest BCUT2D eigenvalue weighted by atomic mass is 32.2. The summed E-state index contributed by atoms with van der Waals surface area (Å²) < 4.78 is 28.0. The number of benzene rings is 1. The van der Waals surface area contributed by atoms with Gasteiger partial charge in [-0.15, -0.1) is 0 Å². The molecule has 1 aromatic carbocycles. The van der Waals surface area contributed by atoms with Crippen LogP contribution >= 0.6 is 0 Å². The highest BCUT2D eigenvalue weighted by Gasteiger charge is 2.28. The van der Waals surface area contributed by atoms with E-state index in [4.69, 9.17) is 4.74 Å². The number of rotatable bonds is 5. The van der Waals surface area contributed by atoms with Gasteiger partial charge in [-0.2, -0.15) is 0 Å². The van der Waals surface area contributed by atoms with Gasteiger partial charge in [0.05, 0.1) is 22.5 Å². The molecule has 0 spiro atoms. The summed E-state index contributed by atoms with van der Waals surface area (Å²) in [5.74, 6) is 0.503. The first kappa shape index (κ1) is 15.9. The van der Waals surface area contributed by atoms with Crippen LogP contribution in [0.3, 0.4) is 0 Å². The van der Waals surface area contributed by atoms with Crippen LogP contribution in [0.2, 0.25) is 0 Å². The minimum atomic E-state index is -2.99. The number of para-hydroxylation sites is 1. The van der Waals surface area contributed by atoms with Crippen LogP contribution < -0.4 is 5.32 Å². The average molecular weight is 337 g/mol. The molecule has 1 atom stereocenters. The molecule has 0 bridgehead atoms. The Labute approximate surface area is 134 Å². The van der Waals surface area contributed by atoms with E-state index >= 15 is 0 Å². The van der Waals surface area contributed by atoms with Crippen molar-refractivity contribution in [1.82, 2.24) is 15.3 Å². The van der Waals surface area contributed by atoms with Gasteiger partial charge in [-0.25, -0.2) is 13.4 Å². The van der Waals surface area contributed by atoms with Crippen molar-refractivity contribution in [2.45, 2.75) is 26.0 Å². The number of aromatic nitrogens is 2. The van der Waals surface area contributed by atoms with Crippen molar-refractivity contribution < 1.29 is 17.9 Å². The molecule has 1 aromatic heterocycles. The summed E-state index contributed by atoms with van der Waals surface area (Å²) in [6.45, 7) is 2.06. The van der Waals surface area contributed by atoms with E-state index in [1.54, 1.807) is 0 Å². The minimum absolute atomic E-state index is 0.0155. The van der Waals surface area contributed by atoms with E-state index < -0.39 is 9.84 Å². The second kappa shape index (κ2) is 6.29. The first-order valence-corrected chi connectivity index (χ1v) is 9.27. The smallest absolute Gasteiger partial charge is 0.246 e. The maximum Gasteiger partial charge on any atom is 0.246 e. The normalized spacial score (nSPS) is 20.0. The first-order chi connectivity index (χ1) is 10.9. The molecule has 8 heteroatoms. The van der Waals surface area contributed by atoms with Crippen LogP contribution in [-0.2, 0) is 26.0 Å². The number of hydrogen-bond acceptors (Lipinski definition) is 5. The number of amides is 1. The summed E-state index contributed by atoms with van der Waals surface area (Å²) in [7, 11) is -2.99. The van der Waals surface area contributed by atoms with Crippen molar-refractivity contribution in [3.8, 4) is 0 Å². The van der Waals surface area contributed by atoms with Gasteiger partial charge in [0.25, 0.3) is 0 Å². The van der Waals surface area contributed by atoms with Gasteiger partial charge < -0.3 is 15.0 Å². The third-order valence-corrected chi connectivity index (χ3v) is 5.60. The summed E-state index contributed by atoms with van der Waals surface area (Å²) in [4.78, 5) is 19.4. The van der Waals surface area contributed by atoms with E-state index in [0.29, 0.717) is 12.2 Å². The molecule has 23 heavy (non-hydrogen) atoms. The fourth-order valence-electron chi connectivity index (χ4n) is 2.71. The Morgan fingerprint density at radius 3 is 3.00 bits per heavy atom. The maximum absolute atomic E-state index is 11.8. The van der Waals surface area contributed by atoms with Gasteiger partial charge in [-0.05, 0) is 25.0 Å². The quantitative estimate of drug-likeness (QED) is 0.836. The lowest BCUT2D eigenvalue weighted by molar-refractivity contribution is -0.126. The summed E-state index contributed by atoms with van der Waals surface area (Å²) >= 11 is 0. The second-order valence-electron chi connectivity index (χ2n) is 5.81. The van der Waals surface area contributed by atoms with Crippen LogP contribution in [0.5, 0.6) is 0 Å². The standard InChI is InChI=1S/C15H19N3O4S/c1-10-3-2-4-12-15(10)18-13(17-12)7-22-8-14(19)16-11-5-6-23(20,21)9-11/h2-4,11H,5-9H2,1H3,(H,16,19)(H,17,18). The number of H-pyrrole nitrogens is 1. The number of aryl methyl sites for hydroxylation is 1. The number of aromatic amines is 1. The van der Waals surface area contributed by atoms with E-state index in [9.17, 15) is 13.2 Å². The Bertz CT molecular complexity index is 828. The monoisotopic (exact) mass is 337 g/mol. The maximum atomic E-state index is 11.8. The molecule has 0 radical (unpaired) electrons. The number of imidazole rings is 1. The Morgan fingerprint density at radius 2 is 2.30 bits per heavy atom. The van der Waals surface area contributed by atoms with Crippen molar-refractivity contribution in [3.63, 3.8) is 0 Å². The van der Waals surface area contributed by atoms with Gasteiger partial charge in [0.2, 0.25) is 5.91 Å². The number of sulfone groups is 1. The van der Waals surface area contributed by atoms with Gasteiger partial charge in [0.1, 0.15) is 19.0 Å². The molecular formula is C15H19N3O4S. The molecule has 1 amide bonds. The number of ether oxygens (including phenoxy) is 1. The van der Waals surface area contributed by atoms with Crippen LogP contribution in [0.15, 0.2) is 18.2 Å². The van der Waals surface area contributed by atoms with E-state index in [1.165, 1.54) is 0 Å². The van der Waals surface area contributed by atoms with Gasteiger partial charge in [-0.3, -0.25) is 4.79 Å². The molecule has 1 aliphatic rings. The molecule has 2 heterocycles. The van der Waals surface area contributed by atoms with Crippen molar-refractivity contribution in [2.24, 2.45) is 0 Å². The van der Waals surface area contributed by atoms with Crippen LogP contribution in [0.25, 0.3) is 11.0 Å². The van der Waals surface area contributed by atoms with E-state index in [2.05, 4.69) is 15.3 Å². The Morgan fingerprint density at radius 1 is 1.48 bits per heavy atom. The lowest BCUT2D eigenvalue weighted by Gasteiger charge is -2.10. The topological polar surface area (TPSA) is 101 Å². The fraction of sp³-hybridized carbons (Fsp3) is 0.467. The first-order valence-electron chi connectivity index (χ1n) is 7.45. The van der Waals surface area contributed by atoms with E-state index in [1.807, 2.05) is 25.1 Å². The Hall–Kier alpha value is -1.93. The zero-order valence-electron chi connectivity index (χ0n) is 12.8. The number of carbonyl (C=O) groups excluding carboxylic acids is 1. The summed E-state index contributed by atoms with van der Waals surface area (Å²) in [5.41, 5.74) is 2.90. The zero-order valence-corrected chi connectivity index (χ0v) is 13.6. The van der Waals surface area contributed by atoms with Gasteiger partial charge in [0.15, 0.2) is 9.84 Å². The molecule has 1 saturated heterocycles. The molecule has 3 rings (SSSR count). The number of carbonyl (C=O) groups is 1. The largest absolute Gasteiger partial charge is 0.364 e. The van der Waals surface area contributed by atoms with Crippen molar-refractivity contribution in [2.75, 3.05) is 18.1 Å². The number of hydrogen-bond donors (Lipinski definition) is 2. The molecule has 124 valence electrons. The van der Waals surface area contributed by atoms with Gasteiger partial charge in [-0.1, -0.05) is 12.1 Å². The van der Waals surface area contributed by atoms with E-state index in [-0.39, 0.29) is 36.7 Å². The molecule has 1 aliphatic heterocycles. The van der Waals surface area contributed by atoms with Crippen LogP contribution in [0.4, 0.5) is 0 Å². The fourth-order valence-corrected chi connectivity index (χ4v) is 4.39. The van der Waals surface area contributed by atoms with Gasteiger partial charge in [0, 0.05) is 6.04 Å². The highest BCUT2D eigenvalue weighted by molar-refractivity contribution is 7.91. The molecule has 1 unspecified atom stereocenters. The molecule has 1 fully saturated rings. The SMILES string of the molecule is Cc1cccc2[nH]c(COCC(=O)NC3CCS(=O)(=O)C3)nc12. The highest BCUT2D eigenvalue weighted by Crippen LogP contribution is 2.15. The van der Waals surface area contributed by atoms with Crippen molar-refractivity contribution in [3.05, 3.63) is 29.6 Å². The summed E-state index contributed by atoms with van der Waals surface area (Å²) in [5, 5.41) is 2.68. The Balaban J connectivity index is 1.49. The molecule has 0 saturated carbocycles. The molecule has 7 nitrogen and oxygen atoms in total. The number of nitrogens with zero attached hydrogens (tertiary/aromatic N) is 1.